The fraction of sp³-hybridized carbons (Fsp3) is 0.833. The number of hydrogen-bond donors (Lipinski definition) is 1. The highest BCUT2D eigenvalue weighted by Gasteiger charge is 2.06. The smallest absolute Gasteiger partial charge is 0.252 e. The number of unbranched alkanes of at least 4 members (excludes halogenated alkanes) is 11. The van der Waals surface area contributed by atoms with Gasteiger partial charge in [0.25, 0.3) is 8.03 Å². The molecule has 0 heterocycles. The van der Waals surface area contributed by atoms with Gasteiger partial charge in [-0.2, -0.15) is 0 Å². The van der Waals surface area contributed by atoms with Crippen molar-refractivity contribution in [1.82, 2.24) is 0 Å². The van der Waals surface area contributed by atoms with E-state index in [0.29, 0.717) is 0 Å². The van der Waals surface area contributed by atoms with E-state index in [4.69, 9.17) is 4.89 Å². The van der Waals surface area contributed by atoms with Crippen LogP contribution in [-0.4, -0.2) is 10.4 Å². The minimum atomic E-state index is -2.93. The van der Waals surface area contributed by atoms with Crippen molar-refractivity contribution < 1.29 is 14.3 Å². The molecule has 4 heteroatoms. The predicted molar refractivity (Wildman–Crippen MR) is 95.7 cm³/mol. The molecule has 0 aromatic rings. The lowest BCUT2D eigenvalue weighted by molar-refractivity contribution is -0.112. The van der Waals surface area contributed by atoms with Gasteiger partial charge in [0.15, 0.2) is 0 Å². The summed E-state index contributed by atoms with van der Waals surface area (Å²) in [5.74, 6) is 0. The second kappa shape index (κ2) is 17.0. The summed E-state index contributed by atoms with van der Waals surface area (Å²) in [4.78, 5) is 19.6. The molecule has 0 aliphatic carbocycles. The van der Waals surface area contributed by atoms with E-state index in [0.717, 1.165) is 25.7 Å². The van der Waals surface area contributed by atoms with E-state index in [9.17, 15) is 9.36 Å². The minimum Gasteiger partial charge on any atom is -0.341 e. The van der Waals surface area contributed by atoms with Crippen LogP contribution in [0.5, 0.6) is 0 Å². The van der Waals surface area contributed by atoms with Crippen LogP contribution in [-0.2, 0) is 9.36 Å². The van der Waals surface area contributed by atoms with Crippen molar-refractivity contribution in [2.24, 2.45) is 0 Å². The molecular formula is C18H35O3P. The molecule has 0 rings (SSSR count). The summed E-state index contributed by atoms with van der Waals surface area (Å²) in [7, 11) is -2.93. The monoisotopic (exact) mass is 330 g/mol. The maximum Gasteiger partial charge on any atom is 0.252 e. The molecule has 0 bridgehead atoms. The van der Waals surface area contributed by atoms with E-state index in [1.807, 2.05) is 0 Å². The molecule has 0 saturated heterocycles. The Labute approximate surface area is 137 Å². The van der Waals surface area contributed by atoms with Gasteiger partial charge >= 0.3 is 0 Å². The first-order valence-electron chi connectivity index (χ1n) is 9.09. The Morgan fingerprint density at radius 3 is 1.77 bits per heavy atom. The first-order valence-corrected chi connectivity index (χ1v) is 10.4. The van der Waals surface area contributed by atoms with E-state index in [1.165, 1.54) is 57.8 Å². The van der Waals surface area contributed by atoms with E-state index in [2.05, 4.69) is 19.1 Å². The van der Waals surface area contributed by atoms with Gasteiger partial charge in [0.1, 0.15) is 0 Å². The lowest BCUT2D eigenvalue weighted by Crippen LogP contribution is -1.90. The number of carbonyl (C=O) groups excluding carboxylic acids is 1. The first kappa shape index (κ1) is 21.6. The summed E-state index contributed by atoms with van der Waals surface area (Å²) < 4.78 is 10.5. The third kappa shape index (κ3) is 16.0. The fourth-order valence-corrected chi connectivity index (χ4v) is 2.85. The van der Waals surface area contributed by atoms with E-state index < -0.39 is 13.6 Å². The van der Waals surface area contributed by atoms with Gasteiger partial charge in [0.05, 0.1) is 0 Å². The Morgan fingerprint density at radius 2 is 1.27 bits per heavy atom. The Hall–Kier alpha value is -0.400. The molecule has 1 unspecified atom stereocenters. The number of rotatable bonds is 16. The molecule has 0 fully saturated rings. The standard InChI is InChI=1S/C18H35O3P/c1-2-3-4-5-6-7-8-9-10-11-12-13-14-15-16-17-18(19)22(20)21/h9-10,22H,2-8,11-17H2,1H3,(H,20,21). The van der Waals surface area contributed by atoms with Gasteiger partial charge < -0.3 is 4.89 Å². The topological polar surface area (TPSA) is 54.4 Å². The summed E-state index contributed by atoms with van der Waals surface area (Å²) in [5, 5.41) is 0. The van der Waals surface area contributed by atoms with Crippen molar-refractivity contribution in [2.75, 3.05) is 0 Å². The Balaban J connectivity index is 3.17. The average Bonchev–Trinajstić information content (AvgIpc) is 2.50. The zero-order chi connectivity index (χ0) is 16.5. The largest absolute Gasteiger partial charge is 0.341 e. The number of carbonyl (C=O) groups is 1. The Kier molecular flexibility index (Phi) is 16.7. The highest BCUT2D eigenvalue weighted by atomic mass is 31.1. The van der Waals surface area contributed by atoms with Crippen LogP contribution in [0.4, 0.5) is 0 Å². The first-order chi connectivity index (χ1) is 10.7. The van der Waals surface area contributed by atoms with Gasteiger partial charge in [-0.15, -0.1) is 0 Å². The second-order valence-electron chi connectivity index (χ2n) is 6.06. The molecular weight excluding hydrogens is 295 g/mol. The van der Waals surface area contributed by atoms with Crippen LogP contribution in [0.25, 0.3) is 0 Å². The van der Waals surface area contributed by atoms with Gasteiger partial charge in [-0.05, 0) is 32.1 Å². The van der Waals surface area contributed by atoms with Crippen LogP contribution in [0.2, 0.25) is 0 Å². The van der Waals surface area contributed by atoms with Gasteiger partial charge in [-0.1, -0.05) is 70.4 Å². The lowest BCUT2D eigenvalue weighted by atomic mass is 10.1. The van der Waals surface area contributed by atoms with Gasteiger partial charge in [-0.3, -0.25) is 9.36 Å². The molecule has 3 nitrogen and oxygen atoms in total. The van der Waals surface area contributed by atoms with Crippen molar-refractivity contribution in [2.45, 2.75) is 96.8 Å². The molecule has 0 spiro atoms. The summed E-state index contributed by atoms with van der Waals surface area (Å²) in [6, 6.07) is 0. The third-order valence-electron chi connectivity index (χ3n) is 3.90. The van der Waals surface area contributed by atoms with E-state index in [-0.39, 0.29) is 6.42 Å². The van der Waals surface area contributed by atoms with Crippen LogP contribution in [0, 0.1) is 0 Å². The van der Waals surface area contributed by atoms with Gasteiger partial charge in [0.2, 0.25) is 5.52 Å². The molecule has 0 aromatic carbocycles. The van der Waals surface area contributed by atoms with E-state index in [1.54, 1.807) is 0 Å². The van der Waals surface area contributed by atoms with Gasteiger partial charge in [0, 0.05) is 6.42 Å². The van der Waals surface area contributed by atoms with Crippen molar-refractivity contribution in [3.05, 3.63) is 12.2 Å². The summed E-state index contributed by atoms with van der Waals surface area (Å²) in [5.41, 5.74) is -0.470. The quantitative estimate of drug-likeness (QED) is 0.214. The molecule has 0 aliphatic heterocycles. The molecule has 0 aliphatic rings. The number of hydrogen-bond acceptors (Lipinski definition) is 2. The molecule has 1 atom stereocenters. The van der Waals surface area contributed by atoms with Crippen molar-refractivity contribution >= 4 is 13.6 Å². The maximum atomic E-state index is 11.0. The van der Waals surface area contributed by atoms with Gasteiger partial charge in [-0.25, -0.2) is 0 Å². The predicted octanol–water partition coefficient (Wildman–Crippen LogP) is 6.02. The molecule has 0 radical (unpaired) electrons. The van der Waals surface area contributed by atoms with Crippen LogP contribution >= 0.6 is 8.03 Å². The number of allylic oxidation sites excluding steroid dienone is 2. The molecule has 0 saturated carbocycles. The summed E-state index contributed by atoms with van der Waals surface area (Å²) in [6.07, 6.45) is 20.7. The molecule has 1 N–H and O–H groups in total. The van der Waals surface area contributed by atoms with Crippen LogP contribution in [0.1, 0.15) is 96.8 Å². The van der Waals surface area contributed by atoms with Crippen LogP contribution in [0.3, 0.4) is 0 Å². The highest BCUT2D eigenvalue weighted by molar-refractivity contribution is 7.58. The van der Waals surface area contributed by atoms with Crippen molar-refractivity contribution in [3.8, 4) is 0 Å². The van der Waals surface area contributed by atoms with Crippen LogP contribution in [0.15, 0.2) is 12.2 Å². The normalized spacial score (nSPS) is 12.8. The molecule has 22 heavy (non-hydrogen) atoms. The molecule has 130 valence electrons. The minimum absolute atomic E-state index is 0.270. The zero-order valence-electron chi connectivity index (χ0n) is 14.3. The van der Waals surface area contributed by atoms with Crippen molar-refractivity contribution in [3.63, 3.8) is 0 Å². The molecule has 0 aromatic heterocycles. The fourth-order valence-electron chi connectivity index (χ4n) is 2.46. The van der Waals surface area contributed by atoms with Crippen LogP contribution < -0.4 is 0 Å². The van der Waals surface area contributed by atoms with Crippen molar-refractivity contribution in [1.29, 1.82) is 0 Å². The molecule has 0 amide bonds. The average molecular weight is 330 g/mol. The second-order valence-corrected chi connectivity index (χ2v) is 7.23. The highest BCUT2D eigenvalue weighted by Crippen LogP contribution is 2.19. The SMILES string of the molecule is CCCCCCCCC=CCCCCCCCC(=O)[PH](=O)O. The third-order valence-corrected chi connectivity index (χ3v) is 4.63. The maximum absolute atomic E-state index is 11.0. The lowest BCUT2D eigenvalue weighted by Gasteiger charge is -1.99. The zero-order valence-corrected chi connectivity index (χ0v) is 15.3. The summed E-state index contributed by atoms with van der Waals surface area (Å²) in [6.45, 7) is 2.25. The van der Waals surface area contributed by atoms with E-state index >= 15 is 0 Å². The summed E-state index contributed by atoms with van der Waals surface area (Å²) >= 11 is 0. The Morgan fingerprint density at radius 1 is 0.818 bits per heavy atom. The Bertz CT molecular complexity index is 313.